The molecular formula is C30H57IrO6. The van der Waals surface area contributed by atoms with Gasteiger partial charge in [0, 0.05) is 17.9 Å². The number of hydrogen-bond donors (Lipinski definition) is 0. The van der Waals surface area contributed by atoms with Crippen molar-refractivity contribution in [1.82, 2.24) is 0 Å². The fourth-order valence-electron chi connectivity index (χ4n) is 3.68. The Bertz CT molecular complexity index is 404. The van der Waals surface area contributed by atoms with Crippen LogP contribution in [0.2, 0.25) is 0 Å². The first-order chi connectivity index (χ1) is 17.3. The number of unbranched alkanes of at least 4 members (excludes halogenated alkanes) is 18. The molecule has 37 heavy (non-hydrogen) atoms. The van der Waals surface area contributed by atoms with Crippen LogP contribution in [0.25, 0.3) is 0 Å². The molecule has 0 aliphatic rings. The summed E-state index contributed by atoms with van der Waals surface area (Å²) in [6, 6.07) is 0. The first-order valence-electron chi connectivity index (χ1n) is 14.9. The van der Waals surface area contributed by atoms with Gasteiger partial charge in [0.2, 0.25) is 0 Å². The monoisotopic (exact) mass is 706 g/mol. The van der Waals surface area contributed by atoms with Gasteiger partial charge in [0.1, 0.15) is 0 Å². The number of carbonyl (C=O) groups is 3. The summed E-state index contributed by atoms with van der Waals surface area (Å²) in [6.45, 7) is 6.57. The molecule has 0 aliphatic heterocycles. The van der Waals surface area contributed by atoms with E-state index in [9.17, 15) is 29.7 Å². The summed E-state index contributed by atoms with van der Waals surface area (Å²) < 4.78 is 0. The van der Waals surface area contributed by atoms with Crippen LogP contribution in [-0.2, 0) is 34.5 Å². The molecule has 222 valence electrons. The van der Waals surface area contributed by atoms with Crippen LogP contribution in [0.5, 0.6) is 0 Å². The molecule has 0 aliphatic carbocycles. The molecule has 0 aromatic heterocycles. The van der Waals surface area contributed by atoms with Crippen molar-refractivity contribution >= 4 is 17.9 Å². The Morgan fingerprint density at radius 3 is 0.676 bits per heavy atom. The van der Waals surface area contributed by atoms with E-state index in [1.807, 2.05) is 0 Å². The van der Waals surface area contributed by atoms with E-state index in [4.69, 9.17) is 0 Å². The fraction of sp³-hybridized carbons (Fsp3) is 0.900. The zero-order valence-corrected chi connectivity index (χ0v) is 26.6. The summed E-state index contributed by atoms with van der Waals surface area (Å²) in [5.41, 5.74) is 0. The fourth-order valence-corrected chi connectivity index (χ4v) is 3.68. The Hall–Kier alpha value is -0.941. The van der Waals surface area contributed by atoms with Gasteiger partial charge in [-0.15, -0.1) is 0 Å². The van der Waals surface area contributed by atoms with E-state index in [2.05, 4.69) is 20.8 Å². The summed E-state index contributed by atoms with van der Waals surface area (Å²) in [5, 5.41) is 30.1. The predicted molar refractivity (Wildman–Crippen MR) is 143 cm³/mol. The van der Waals surface area contributed by atoms with Gasteiger partial charge >= 0.3 is 20.1 Å². The van der Waals surface area contributed by atoms with Gasteiger partial charge in [-0.25, -0.2) is 0 Å². The quantitative estimate of drug-likeness (QED) is 0.120. The Morgan fingerprint density at radius 2 is 0.514 bits per heavy atom. The van der Waals surface area contributed by atoms with Gasteiger partial charge in [-0.3, -0.25) is 0 Å². The maximum Gasteiger partial charge on any atom is 3.00 e. The van der Waals surface area contributed by atoms with E-state index >= 15 is 0 Å². The van der Waals surface area contributed by atoms with Crippen LogP contribution in [0, 0.1) is 0 Å². The molecule has 0 spiro atoms. The van der Waals surface area contributed by atoms with Crippen LogP contribution < -0.4 is 15.3 Å². The van der Waals surface area contributed by atoms with Gasteiger partial charge in [0.25, 0.3) is 0 Å². The number of carboxylic acid groups (broad SMARTS) is 3. The van der Waals surface area contributed by atoms with E-state index in [1.165, 1.54) is 96.3 Å². The SMILES string of the molecule is CCCCCCCCCC(=O)[O-].CCCCCCCCCC(=O)[O-].CCCCCCCCCC(=O)[O-].[Ir+3]. The van der Waals surface area contributed by atoms with Crippen LogP contribution in [0.1, 0.15) is 175 Å². The average molecular weight is 706 g/mol. The van der Waals surface area contributed by atoms with Crippen LogP contribution >= 0.6 is 0 Å². The normalized spacial score (nSPS) is 9.81. The van der Waals surface area contributed by atoms with E-state index < -0.39 is 17.9 Å². The van der Waals surface area contributed by atoms with E-state index in [1.54, 1.807) is 0 Å². The zero-order valence-electron chi connectivity index (χ0n) is 24.3. The minimum Gasteiger partial charge on any atom is -0.550 e. The molecular weight excluding hydrogens is 649 g/mol. The second kappa shape index (κ2) is 39.6. The van der Waals surface area contributed by atoms with Crippen LogP contribution in [-0.4, -0.2) is 17.9 Å². The second-order valence-electron chi connectivity index (χ2n) is 9.73. The van der Waals surface area contributed by atoms with Gasteiger partial charge in [-0.1, -0.05) is 136 Å². The molecule has 0 amide bonds. The molecule has 0 heterocycles. The molecule has 0 rings (SSSR count). The number of carbonyl (C=O) groups excluding carboxylic acids is 3. The van der Waals surface area contributed by atoms with Crippen molar-refractivity contribution in [2.75, 3.05) is 0 Å². The van der Waals surface area contributed by atoms with Crippen molar-refractivity contribution in [2.45, 2.75) is 175 Å². The topological polar surface area (TPSA) is 120 Å². The molecule has 0 fully saturated rings. The molecule has 0 saturated carbocycles. The largest absolute Gasteiger partial charge is 3.00 e. The van der Waals surface area contributed by atoms with E-state index in [0.717, 1.165) is 38.5 Å². The Kier molecular flexibility index (Phi) is 46.1. The first kappa shape index (κ1) is 43.1. The van der Waals surface area contributed by atoms with Crippen molar-refractivity contribution in [3.63, 3.8) is 0 Å². The molecule has 0 saturated heterocycles. The minimum absolute atomic E-state index is 0. The number of rotatable bonds is 24. The number of aliphatic carboxylic acids is 3. The molecule has 0 radical (unpaired) electrons. The smallest absolute Gasteiger partial charge is 0.550 e. The summed E-state index contributed by atoms with van der Waals surface area (Å²) >= 11 is 0. The molecule has 0 aromatic rings. The van der Waals surface area contributed by atoms with E-state index in [-0.39, 0.29) is 39.4 Å². The van der Waals surface area contributed by atoms with Gasteiger partial charge in [-0.2, -0.15) is 0 Å². The van der Waals surface area contributed by atoms with Crippen LogP contribution in [0.15, 0.2) is 0 Å². The molecule has 0 bridgehead atoms. The van der Waals surface area contributed by atoms with Crippen molar-refractivity contribution < 1.29 is 49.8 Å². The standard InChI is InChI=1S/3C10H20O2.Ir/c3*1-2-3-4-5-6-7-8-9-10(11)12;/h3*2-9H2,1H3,(H,11,12);/q;;;+3/p-3. The second-order valence-corrected chi connectivity index (χ2v) is 9.73. The predicted octanol–water partition coefficient (Wildman–Crippen LogP) is 5.63. The summed E-state index contributed by atoms with van der Waals surface area (Å²) in [5.74, 6) is -2.74. The van der Waals surface area contributed by atoms with Gasteiger partial charge in [-0.05, 0) is 38.5 Å². The van der Waals surface area contributed by atoms with Crippen LogP contribution in [0.3, 0.4) is 0 Å². The first-order valence-corrected chi connectivity index (χ1v) is 14.9. The maximum absolute atomic E-state index is 10.0. The van der Waals surface area contributed by atoms with E-state index in [0.29, 0.717) is 0 Å². The number of hydrogen-bond acceptors (Lipinski definition) is 6. The van der Waals surface area contributed by atoms with Gasteiger partial charge < -0.3 is 29.7 Å². The molecule has 0 N–H and O–H groups in total. The third kappa shape index (κ3) is 56.4. The maximum atomic E-state index is 10.0. The van der Waals surface area contributed by atoms with Crippen molar-refractivity contribution in [3.8, 4) is 0 Å². The number of carboxylic acids is 3. The Labute approximate surface area is 242 Å². The third-order valence-corrected chi connectivity index (χ3v) is 5.95. The molecule has 6 nitrogen and oxygen atoms in total. The molecule has 7 heteroatoms. The molecule has 0 unspecified atom stereocenters. The molecule has 0 atom stereocenters. The van der Waals surface area contributed by atoms with Gasteiger partial charge in [0.05, 0.1) is 0 Å². The average Bonchev–Trinajstić information content (AvgIpc) is 2.83. The third-order valence-electron chi connectivity index (χ3n) is 5.95. The van der Waals surface area contributed by atoms with Crippen molar-refractivity contribution in [3.05, 3.63) is 0 Å². The van der Waals surface area contributed by atoms with Crippen LogP contribution in [0.4, 0.5) is 0 Å². The Balaban J connectivity index is -0.000000218. The van der Waals surface area contributed by atoms with Gasteiger partial charge in [0.15, 0.2) is 0 Å². The molecule has 0 aromatic carbocycles. The summed E-state index contributed by atoms with van der Waals surface area (Å²) in [6.07, 6.45) is 25.0. The minimum atomic E-state index is -0.913. The summed E-state index contributed by atoms with van der Waals surface area (Å²) in [4.78, 5) is 30.1. The van der Waals surface area contributed by atoms with Crippen molar-refractivity contribution in [2.24, 2.45) is 0 Å². The van der Waals surface area contributed by atoms with Crippen molar-refractivity contribution in [1.29, 1.82) is 0 Å². The zero-order chi connectivity index (χ0) is 27.7. The Morgan fingerprint density at radius 1 is 0.351 bits per heavy atom. The summed E-state index contributed by atoms with van der Waals surface area (Å²) in [7, 11) is 0.